The number of hydrogen-bond acceptors (Lipinski definition) is 3. The highest BCUT2D eigenvalue weighted by Crippen LogP contribution is 2.28. The fourth-order valence-electron chi connectivity index (χ4n) is 1.24. The third-order valence-corrected chi connectivity index (χ3v) is 2.14. The summed E-state index contributed by atoms with van der Waals surface area (Å²) in [5, 5.41) is 11.0. The number of nitrogens with zero attached hydrogens (tertiary/aromatic N) is 1. The Bertz CT molecular complexity index is 428. The minimum Gasteiger partial charge on any atom is -0.482 e. The van der Waals surface area contributed by atoms with Crippen LogP contribution in [0.5, 0.6) is 5.75 Å². The standard InChI is InChI=1S/C9H6ClNO3/c10-7-1-2-9-6(3-7)4-8(5-14-9)11(12)13/h1-4H,5H2. The van der Waals surface area contributed by atoms with E-state index in [-0.39, 0.29) is 12.3 Å². The van der Waals surface area contributed by atoms with Crippen LogP contribution in [0.25, 0.3) is 6.08 Å². The predicted molar refractivity (Wildman–Crippen MR) is 51.9 cm³/mol. The van der Waals surface area contributed by atoms with Gasteiger partial charge >= 0.3 is 0 Å². The molecule has 0 N–H and O–H groups in total. The molecular weight excluding hydrogens is 206 g/mol. The normalized spacial score (nSPS) is 13.9. The second kappa shape index (κ2) is 3.31. The van der Waals surface area contributed by atoms with Gasteiger partial charge < -0.3 is 4.74 Å². The summed E-state index contributed by atoms with van der Waals surface area (Å²) in [6.45, 7) is 0.00162. The fourth-order valence-corrected chi connectivity index (χ4v) is 1.42. The monoisotopic (exact) mass is 211 g/mol. The summed E-state index contributed by atoms with van der Waals surface area (Å²) >= 11 is 5.75. The van der Waals surface area contributed by atoms with Crippen LogP contribution in [0, 0.1) is 10.1 Å². The molecule has 0 spiro atoms. The fraction of sp³-hybridized carbons (Fsp3) is 0.111. The summed E-state index contributed by atoms with van der Waals surface area (Å²) in [6, 6.07) is 5.02. The number of fused-ring (bicyclic) bond motifs is 1. The Morgan fingerprint density at radius 3 is 3.00 bits per heavy atom. The molecule has 5 heteroatoms. The molecule has 0 atom stereocenters. The minimum atomic E-state index is -0.455. The van der Waals surface area contributed by atoms with Gasteiger partial charge in [0.25, 0.3) is 5.70 Å². The van der Waals surface area contributed by atoms with Crippen LogP contribution in [0.15, 0.2) is 23.9 Å². The molecule has 0 saturated heterocycles. The predicted octanol–water partition coefficient (Wildman–Crippen LogP) is 2.35. The van der Waals surface area contributed by atoms with Crippen molar-refractivity contribution in [2.24, 2.45) is 0 Å². The summed E-state index contributed by atoms with van der Waals surface area (Å²) in [6.07, 6.45) is 1.48. The average Bonchev–Trinajstić information content (AvgIpc) is 2.16. The van der Waals surface area contributed by atoms with Gasteiger partial charge in [0, 0.05) is 16.7 Å². The SMILES string of the molecule is O=[N+]([O-])C1=Cc2cc(Cl)ccc2OC1. The van der Waals surface area contributed by atoms with Gasteiger partial charge in [0.1, 0.15) is 5.75 Å². The van der Waals surface area contributed by atoms with Crippen molar-refractivity contribution < 1.29 is 9.66 Å². The van der Waals surface area contributed by atoms with Gasteiger partial charge in [-0.05, 0) is 18.2 Å². The highest BCUT2D eigenvalue weighted by atomic mass is 35.5. The van der Waals surface area contributed by atoms with E-state index in [1.807, 2.05) is 0 Å². The highest BCUT2D eigenvalue weighted by Gasteiger charge is 2.19. The van der Waals surface area contributed by atoms with Gasteiger partial charge in [0.05, 0.1) is 4.92 Å². The van der Waals surface area contributed by atoms with Crippen LogP contribution in [-0.2, 0) is 0 Å². The first kappa shape index (κ1) is 9.02. The van der Waals surface area contributed by atoms with Crippen LogP contribution in [0.3, 0.4) is 0 Å². The zero-order valence-electron chi connectivity index (χ0n) is 7.07. The second-order valence-corrected chi connectivity index (χ2v) is 3.30. The molecule has 1 aliphatic rings. The number of halogens is 1. The molecule has 0 aliphatic carbocycles. The van der Waals surface area contributed by atoms with Crippen molar-refractivity contribution in [2.45, 2.75) is 0 Å². The number of benzene rings is 1. The molecule has 0 amide bonds. The third kappa shape index (κ3) is 1.56. The van der Waals surface area contributed by atoms with E-state index in [1.54, 1.807) is 18.2 Å². The minimum absolute atomic E-state index is 0.00162. The Balaban J connectivity index is 2.47. The van der Waals surface area contributed by atoms with E-state index >= 15 is 0 Å². The van der Waals surface area contributed by atoms with Crippen LogP contribution in [0.2, 0.25) is 5.02 Å². The molecule has 4 nitrogen and oxygen atoms in total. The van der Waals surface area contributed by atoms with Crippen molar-refractivity contribution in [3.05, 3.63) is 44.6 Å². The summed E-state index contributed by atoms with van der Waals surface area (Å²) in [5.74, 6) is 0.625. The second-order valence-electron chi connectivity index (χ2n) is 2.86. The number of ether oxygens (including phenoxy) is 1. The maximum atomic E-state index is 10.5. The van der Waals surface area contributed by atoms with Gasteiger partial charge in [-0.1, -0.05) is 11.6 Å². The van der Waals surface area contributed by atoms with Gasteiger partial charge in [-0.2, -0.15) is 0 Å². The molecule has 1 aliphatic heterocycles. The number of hydrogen-bond donors (Lipinski definition) is 0. The Hall–Kier alpha value is -1.55. The Labute approximate surface area is 84.9 Å². The largest absolute Gasteiger partial charge is 0.482 e. The summed E-state index contributed by atoms with van der Waals surface area (Å²) < 4.78 is 5.18. The lowest BCUT2D eigenvalue weighted by Gasteiger charge is -2.12. The third-order valence-electron chi connectivity index (χ3n) is 1.90. The van der Waals surface area contributed by atoms with Gasteiger partial charge in [-0.25, -0.2) is 0 Å². The van der Waals surface area contributed by atoms with E-state index < -0.39 is 4.92 Å². The molecule has 0 saturated carbocycles. The average molecular weight is 212 g/mol. The van der Waals surface area contributed by atoms with E-state index in [2.05, 4.69) is 0 Å². The van der Waals surface area contributed by atoms with Gasteiger partial charge in [-0.3, -0.25) is 10.1 Å². The van der Waals surface area contributed by atoms with Gasteiger partial charge in [0.15, 0.2) is 6.61 Å². The van der Waals surface area contributed by atoms with E-state index in [0.717, 1.165) is 0 Å². The van der Waals surface area contributed by atoms with Crippen molar-refractivity contribution in [3.63, 3.8) is 0 Å². The number of rotatable bonds is 1. The van der Waals surface area contributed by atoms with Crippen LogP contribution in [-0.4, -0.2) is 11.5 Å². The van der Waals surface area contributed by atoms with E-state index in [4.69, 9.17) is 16.3 Å². The molecule has 2 rings (SSSR count). The maximum Gasteiger partial charge on any atom is 0.284 e. The summed E-state index contributed by atoms with van der Waals surface area (Å²) in [5.41, 5.74) is 0.690. The quantitative estimate of drug-likeness (QED) is 0.529. The highest BCUT2D eigenvalue weighted by molar-refractivity contribution is 6.30. The van der Waals surface area contributed by atoms with Crippen molar-refractivity contribution in [2.75, 3.05) is 6.61 Å². The zero-order valence-corrected chi connectivity index (χ0v) is 7.82. The molecular formula is C9H6ClNO3. The first-order chi connectivity index (χ1) is 6.66. The molecule has 0 fully saturated rings. The smallest absolute Gasteiger partial charge is 0.284 e. The van der Waals surface area contributed by atoms with Crippen LogP contribution < -0.4 is 4.74 Å². The first-order valence-electron chi connectivity index (χ1n) is 3.94. The lowest BCUT2D eigenvalue weighted by Crippen LogP contribution is -2.13. The molecule has 0 radical (unpaired) electrons. The van der Waals surface area contributed by atoms with Crippen LogP contribution >= 0.6 is 11.6 Å². The molecule has 1 heterocycles. The maximum absolute atomic E-state index is 10.5. The van der Waals surface area contributed by atoms with E-state index in [9.17, 15) is 10.1 Å². The summed E-state index contributed by atoms with van der Waals surface area (Å²) in [4.78, 5) is 10.0. The lowest BCUT2D eigenvalue weighted by molar-refractivity contribution is -0.427. The molecule has 72 valence electrons. The van der Waals surface area contributed by atoms with E-state index in [0.29, 0.717) is 16.3 Å². The van der Waals surface area contributed by atoms with Gasteiger partial charge in [0.2, 0.25) is 0 Å². The molecule has 14 heavy (non-hydrogen) atoms. The van der Waals surface area contributed by atoms with Crippen molar-refractivity contribution >= 4 is 17.7 Å². The Kier molecular flexibility index (Phi) is 2.13. The topological polar surface area (TPSA) is 52.4 Å². The van der Waals surface area contributed by atoms with Crippen LogP contribution in [0.1, 0.15) is 5.56 Å². The Morgan fingerprint density at radius 1 is 1.50 bits per heavy atom. The van der Waals surface area contributed by atoms with E-state index in [1.165, 1.54) is 6.08 Å². The molecule has 0 unspecified atom stereocenters. The molecule has 1 aromatic rings. The van der Waals surface area contributed by atoms with Crippen molar-refractivity contribution in [1.82, 2.24) is 0 Å². The molecule has 0 bridgehead atoms. The van der Waals surface area contributed by atoms with Crippen molar-refractivity contribution in [3.8, 4) is 5.75 Å². The molecule has 1 aromatic carbocycles. The van der Waals surface area contributed by atoms with Crippen molar-refractivity contribution in [1.29, 1.82) is 0 Å². The van der Waals surface area contributed by atoms with Crippen LogP contribution in [0.4, 0.5) is 0 Å². The summed E-state index contributed by atoms with van der Waals surface area (Å²) in [7, 11) is 0. The van der Waals surface area contributed by atoms with Gasteiger partial charge in [-0.15, -0.1) is 0 Å². The molecule has 0 aromatic heterocycles. The number of nitro groups is 1. The first-order valence-corrected chi connectivity index (χ1v) is 4.32. The zero-order chi connectivity index (χ0) is 10.1. The lowest BCUT2D eigenvalue weighted by atomic mass is 10.1. The Morgan fingerprint density at radius 2 is 2.29 bits per heavy atom.